The van der Waals surface area contributed by atoms with Gasteiger partial charge in [0.1, 0.15) is 0 Å². The van der Waals surface area contributed by atoms with Gasteiger partial charge in [-0.15, -0.1) is 0 Å². The third kappa shape index (κ3) is 1.31. The lowest BCUT2D eigenvalue weighted by molar-refractivity contribution is 0.897. The summed E-state index contributed by atoms with van der Waals surface area (Å²) in [6, 6.07) is 0. The van der Waals surface area contributed by atoms with Crippen molar-refractivity contribution in [1.82, 2.24) is 4.57 Å². The lowest BCUT2D eigenvalue weighted by Gasteiger charge is -1.98. The molecule has 4 heteroatoms. The fourth-order valence-electron chi connectivity index (χ4n) is 0.691. The number of nitrogens with two attached hydrogens (primary N) is 1. The number of nitrogens with zero attached hydrogens (tertiary/aromatic N) is 1. The van der Waals surface area contributed by atoms with Gasteiger partial charge < -0.3 is 10.3 Å². The van der Waals surface area contributed by atoms with E-state index in [9.17, 15) is 4.79 Å². The van der Waals surface area contributed by atoms with Crippen molar-refractivity contribution in [2.45, 2.75) is 0 Å². The van der Waals surface area contributed by atoms with Crippen molar-refractivity contribution in [3.63, 3.8) is 0 Å². The van der Waals surface area contributed by atoms with Crippen molar-refractivity contribution in [1.29, 1.82) is 0 Å². The molecule has 54 valence electrons. The van der Waals surface area contributed by atoms with Gasteiger partial charge in [0.2, 0.25) is 5.43 Å². The lowest BCUT2D eigenvalue weighted by Crippen LogP contribution is -2.13. The third-order valence-corrected chi connectivity index (χ3v) is 1.91. The summed E-state index contributed by atoms with van der Waals surface area (Å²) >= 11 is 1.96. The van der Waals surface area contributed by atoms with Crippen LogP contribution in [-0.2, 0) is 7.05 Å². The van der Waals surface area contributed by atoms with Crippen molar-refractivity contribution < 1.29 is 0 Å². The Morgan fingerprint density at radius 2 is 2.20 bits per heavy atom. The number of hydrogen-bond acceptors (Lipinski definition) is 2. The van der Waals surface area contributed by atoms with Crippen LogP contribution in [0.25, 0.3) is 0 Å². The zero-order chi connectivity index (χ0) is 7.72. The van der Waals surface area contributed by atoms with Crippen LogP contribution < -0.4 is 11.2 Å². The second-order valence-electron chi connectivity index (χ2n) is 2.06. The number of aryl methyl sites for hydroxylation is 1. The molecule has 0 saturated heterocycles. The van der Waals surface area contributed by atoms with Gasteiger partial charge >= 0.3 is 0 Å². The molecule has 1 heterocycles. The highest BCUT2D eigenvalue weighted by atomic mass is 127. The van der Waals surface area contributed by atoms with E-state index in [0.717, 1.165) is 0 Å². The topological polar surface area (TPSA) is 48.0 Å². The van der Waals surface area contributed by atoms with Gasteiger partial charge in [-0.25, -0.2) is 0 Å². The molecule has 0 unspecified atom stereocenters. The number of aromatic nitrogens is 1. The van der Waals surface area contributed by atoms with Crippen LogP contribution >= 0.6 is 22.6 Å². The zero-order valence-corrected chi connectivity index (χ0v) is 7.62. The number of halogens is 1. The first-order chi connectivity index (χ1) is 4.61. The van der Waals surface area contributed by atoms with Gasteiger partial charge in [0.25, 0.3) is 0 Å². The summed E-state index contributed by atoms with van der Waals surface area (Å²) in [5.41, 5.74) is 5.60. The predicted molar refractivity (Wildman–Crippen MR) is 48.8 cm³/mol. The first-order valence-electron chi connectivity index (χ1n) is 2.72. The fourth-order valence-corrected chi connectivity index (χ4v) is 1.44. The molecular weight excluding hydrogens is 243 g/mol. The maximum Gasteiger partial charge on any atom is 0.217 e. The van der Waals surface area contributed by atoms with Crippen LogP contribution in [0, 0.1) is 3.57 Å². The second-order valence-corrected chi connectivity index (χ2v) is 3.22. The molecule has 0 spiro atoms. The summed E-state index contributed by atoms with van der Waals surface area (Å²) < 4.78 is 2.42. The normalized spacial score (nSPS) is 9.80. The molecule has 0 atom stereocenters. The van der Waals surface area contributed by atoms with Crippen molar-refractivity contribution in [2.75, 3.05) is 5.73 Å². The van der Waals surface area contributed by atoms with E-state index in [-0.39, 0.29) is 5.43 Å². The molecule has 0 fully saturated rings. The summed E-state index contributed by atoms with van der Waals surface area (Å²) in [4.78, 5) is 11.0. The van der Waals surface area contributed by atoms with Gasteiger partial charge in [-0.05, 0) is 22.6 Å². The highest BCUT2D eigenvalue weighted by Crippen LogP contribution is 1.99. The van der Waals surface area contributed by atoms with E-state index in [1.807, 2.05) is 29.6 Å². The molecule has 0 aliphatic heterocycles. The molecule has 0 saturated carbocycles. The SMILES string of the molecule is Cn1cc(N)c(=O)c(I)c1. The molecule has 1 rings (SSSR count). The van der Waals surface area contributed by atoms with E-state index in [4.69, 9.17) is 5.73 Å². The molecule has 2 N–H and O–H groups in total. The van der Waals surface area contributed by atoms with Gasteiger partial charge in [-0.1, -0.05) is 0 Å². The largest absolute Gasteiger partial charge is 0.394 e. The number of rotatable bonds is 0. The fraction of sp³-hybridized carbons (Fsp3) is 0.167. The second kappa shape index (κ2) is 2.61. The van der Waals surface area contributed by atoms with Crippen molar-refractivity contribution in [3.8, 4) is 0 Å². The Hall–Kier alpha value is -0.520. The molecule has 0 radical (unpaired) electrons. The van der Waals surface area contributed by atoms with Crippen LogP contribution in [0.4, 0.5) is 5.69 Å². The molecule has 0 aromatic carbocycles. The van der Waals surface area contributed by atoms with E-state index in [2.05, 4.69) is 0 Å². The smallest absolute Gasteiger partial charge is 0.217 e. The molecule has 10 heavy (non-hydrogen) atoms. The van der Waals surface area contributed by atoms with Crippen LogP contribution in [0.2, 0.25) is 0 Å². The molecule has 0 bridgehead atoms. The van der Waals surface area contributed by atoms with Gasteiger partial charge in [-0.2, -0.15) is 0 Å². The molecule has 3 nitrogen and oxygen atoms in total. The monoisotopic (exact) mass is 250 g/mol. The standard InChI is InChI=1S/C6H7IN2O/c1-9-2-4(7)6(10)5(8)3-9/h2-3H,8H2,1H3. The summed E-state index contributed by atoms with van der Waals surface area (Å²) in [7, 11) is 1.83. The number of hydrogen-bond donors (Lipinski definition) is 1. The lowest BCUT2D eigenvalue weighted by atomic mass is 10.4. The average molecular weight is 250 g/mol. The van der Waals surface area contributed by atoms with Crippen molar-refractivity contribution >= 4 is 28.3 Å². The van der Waals surface area contributed by atoms with E-state index in [1.165, 1.54) is 0 Å². The van der Waals surface area contributed by atoms with Crippen LogP contribution in [0.1, 0.15) is 0 Å². The summed E-state index contributed by atoms with van der Waals surface area (Å²) in [6.07, 6.45) is 3.34. The van der Waals surface area contributed by atoms with Gasteiger partial charge in [-0.3, -0.25) is 4.79 Å². The average Bonchev–Trinajstić information content (AvgIpc) is 1.82. The minimum atomic E-state index is -0.0845. The highest BCUT2D eigenvalue weighted by Gasteiger charge is 1.98. The minimum absolute atomic E-state index is 0.0845. The maximum absolute atomic E-state index is 11.0. The Morgan fingerprint density at radius 1 is 1.60 bits per heavy atom. The Labute approximate surface area is 72.0 Å². The summed E-state index contributed by atoms with van der Waals surface area (Å²) in [6.45, 7) is 0. The van der Waals surface area contributed by atoms with Gasteiger partial charge in [0.05, 0.1) is 9.26 Å². The van der Waals surface area contributed by atoms with E-state index >= 15 is 0 Å². The number of anilines is 1. The van der Waals surface area contributed by atoms with Crippen molar-refractivity contribution in [2.24, 2.45) is 7.05 Å². The summed E-state index contributed by atoms with van der Waals surface area (Å²) in [5.74, 6) is 0. The Bertz CT molecular complexity index is 279. The molecule has 1 aromatic rings. The van der Waals surface area contributed by atoms with E-state index in [0.29, 0.717) is 9.26 Å². The molecule has 0 aliphatic carbocycles. The predicted octanol–water partition coefficient (Wildman–Crippen LogP) is 0.572. The molecular formula is C6H7IN2O. The van der Waals surface area contributed by atoms with Crippen LogP contribution in [0.5, 0.6) is 0 Å². The quantitative estimate of drug-likeness (QED) is 0.684. The number of pyridine rings is 1. The minimum Gasteiger partial charge on any atom is -0.394 e. The van der Waals surface area contributed by atoms with Crippen molar-refractivity contribution in [3.05, 3.63) is 26.2 Å². The Kier molecular flexibility index (Phi) is 1.98. The molecule has 0 amide bonds. The van der Waals surface area contributed by atoms with Crippen LogP contribution in [0.15, 0.2) is 17.2 Å². The van der Waals surface area contributed by atoms with Gasteiger partial charge in [0, 0.05) is 19.4 Å². The van der Waals surface area contributed by atoms with Gasteiger partial charge in [0.15, 0.2) is 0 Å². The van der Waals surface area contributed by atoms with Crippen LogP contribution in [0.3, 0.4) is 0 Å². The van der Waals surface area contributed by atoms with E-state index in [1.54, 1.807) is 17.0 Å². The summed E-state index contributed by atoms with van der Waals surface area (Å²) in [5, 5.41) is 0. The molecule has 1 aromatic heterocycles. The highest BCUT2D eigenvalue weighted by molar-refractivity contribution is 14.1. The number of nitrogen functional groups attached to an aromatic ring is 1. The maximum atomic E-state index is 11.0. The van der Waals surface area contributed by atoms with E-state index < -0.39 is 0 Å². The Balaban J connectivity index is 3.46. The van der Waals surface area contributed by atoms with Crippen LogP contribution in [-0.4, -0.2) is 4.57 Å². The molecule has 0 aliphatic rings. The first-order valence-corrected chi connectivity index (χ1v) is 3.80. The Morgan fingerprint density at radius 3 is 2.70 bits per heavy atom. The zero-order valence-electron chi connectivity index (χ0n) is 5.47. The first kappa shape index (κ1) is 7.59. The third-order valence-electron chi connectivity index (χ3n) is 1.14.